The number of carbonyl (C=O) groups excluding carboxylic acids is 1. The van der Waals surface area contributed by atoms with E-state index in [1.54, 1.807) is 12.1 Å². The number of nitrogens with one attached hydrogen (secondary N) is 1. The van der Waals surface area contributed by atoms with Gasteiger partial charge in [-0.25, -0.2) is 10.2 Å². The minimum atomic E-state index is -0.757. The van der Waals surface area contributed by atoms with E-state index in [-0.39, 0.29) is 0 Å². The molecule has 26 heavy (non-hydrogen) atoms. The number of halogens is 1. The number of nitrogens with two attached hydrogens (primary N) is 1. The number of primary amides is 1. The number of benzene rings is 2. The van der Waals surface area contributed by atoms with E-state index >= 15 is 0 Å². The molecule has 0 spiro atoms. The molecule has 0 aromatic heterocycles. The zero-order valence-electron chi connectivity index (χ0n) is 14.5. The lowest BCUT2D eigenvalue weighted by atomic mass is 10.2. The number of hydrogen-bond acceptors (Lipinski definition) is 5. The van der Waals surface area contributed by atoms with Gasteiger partial charge in [-0.1, -0.05) is 29.8 Å². The molecule has 7 nitrogen and oxygen atoms in total. The summed E-state index contributed by atoms with van der Waals surface area (Å²) in [4.78, 5) is 10.6. The third-order valence-corrected chi connectivity index (χ3v) is 3.60. The van der Waals surface area contributed by atoms with Crippen molar-refractivity contribution in [2.24, 2.45) is 10.8 Å². The molecule has 2 rings (SSSR count). The first kappa shape index (κ1) is 19.4. The summed E-state index contributed by atoms with van der Waals surface area (Å²) in [7, 11) is 1.50. The fourth-order valence-corrected chi connectivity index (χ4v) is 2.41. The minimum Gasteiger partial charge on any atom is -0.493 e. The van der Waals surface area contributed by atoms with Gasteiger partial charge in [0, 0.05) is 0 Å². The zero-order valence-corrected chi connectivity index (χ0v) is 15.2. The Balaban J connectivity index is 1.99. The number of carbonyl (C=O) groups is 1. The predicted octanol–water partition coefficient (Wildman–Crippen LogP) is 3.12. The van der Waals surface area contributed by atoms with Crippen molar-refractivity contribution in [3.8, 4) is 17.2 Å². The number of amides is 2. The molecule has 0 unspecified atom stereocenters. The monoisotopic (exact) mass is 377 g/mol. The SMILES string of the molecule is COc1cc(C=NNC(N)=O)cc(Cl)c1OCCOc1ccccc1C. The van der Waals surface area contributed by atoms with E-state index < -0.39 is 6.03 Å². The summed E-state index contributed by atoms with van der Waals surface area (Å²) in [5.74, 6) is 1.65. The van der Waals surface area contributed by atoms with Gasteiger partial charge < -0.3 is 19.9 Å². The zero-order chi connectivity index (χ0) is 18.9. The van der Waals surface area contributed by atoms with Crippen LogP contribution in [-0.4, -0.2) is 32.6 Å². The van der Waals surface area contributed by atoms with Gasteiger partial charge in [0.15, 0.2) is 11.5 Å². The molecule has 138 valence electrons. The molecule has 0 bridgehead atoms. The van der Waals surface area contributed by atoms with Crippen LogP contribution < -0.4 is 25.4 Å². The van der Waals surface area contributed by atoms with Crippen molar-refractivity contribution >= 4 is 23.8 Å². The van der Waals surface area contributed by atoms with Crippen LogP contribution in [0.3, 0.4) is 0 Å². The van der Waals surface area contributed by atoms with Crippen molar-refractivity contribution in [1.29, 1.82) is 0 Å². The molecule has 2 amide bonds. The molecular weight excluding hydrogens is 358 g/mol. The van der Waals surface area contributed by atoms with Crippen molar-refractivity contribution in [3.05, 3.63) is 52.5 Å². The summed E-state index contributed by atoms with van der Waals surface area (Å²) >= 11 is 6.26. The third-order valence-electron chi connectivity index (χ3n) is 3.32. The molecule has 2 aromatic rings. The number of ether oxygens (including phenoxy) is 3. The van der Waals surface area contributed by atoms with Gasteiger partial charge in [0.2, 0.25) is 0 Å². The number of aryl methyl sites for hydroxylation is 1. The van der Waals surface area contributed by atoms with Crippen molar-refractivity contribution in [3.63, 3.8) is 0 Å². The molecule has 0 heterocycles. The van der Waals surface area contributed by atoms with E-state index in [1.807, 2.05) is 31.2 Å². The van der Waals surface area contributed by atoms with Crippen LogP contribution in [0.1, 0.15) is 11.1 Å². The largest absolute Gasteiger partial charge is 0.493 e. The Morgan fingerprint density at radius 2 is 1.96 bits per heavy atom. The first-order valence-electron chi connectivity index (χ1n) is 7.78. The summed E-state index contributed by atoms with van der Waals surface area (Å²) in [5.41, 5.74) is 8.71. The molecule has 8 heteroatoms. The van der Waals surface area contributed by atoms with Gasteiger partial charge in [-0.3, -0.25) is 0 Å². The Labute approximate surface area is 156 Å². The first-order chi connectivity index (χ1) is 12.5. The van der Waals surface area contributed by atoms with Gasteiger partial charge in [0.1, 0.15) is 19.0 Å². The third kappa shape index (κ3) is 5.56. The van der Waals surface area contributed by atoms with E-state index in [9.17, 15) is 4.79 Å². The molecule has 0 saturated carbocycles. The quantitative estimate of drug-likeness (QED) is 0.419. The summed E-state index contributed by atoms with van der Waals surface area (Å²) in [6.45, 7) is 2.63. The van der Waals surface area contributed by atoms with Crippen LogP contribution in [0.25, 0.3) is 0 Å². The molecule has 0 aliphatic carbocycles. The highest BCUT2D eigenvalue weighted by Crippen LogP contribution is 2.36. The van der Waals surface area contributed by atoms with Crippen molar-refractivity contribution in [1.82, 2.24) is 5.43 Å². The number of hydrogen-bond donors (Lipinski definition) is 2. The second-order valence-corrected chi connectivity index (χ2v) is 5.64. The maximum Gasteiger partial charge on any atom is 0.332 e. The second kappa shape index (κ2) is 9.53. The van der Waals surface area contributed by atoms with Crippen LogP contribution in [0.2, 0.25) is 5.02 Å². The summed E-state index contributed by atoms with van der Waals surface area (Å²) < 4.78 is 16.7. The number of hydrazone groups is 1. The maximum atomic E-state index is 10.6. The van der Waals surface area contributed by atoms with Gasteiger partial charge in [-0.05, 0) is 36.2 Å². The Morgan fingerprint density at radius 3 is 2.65 bits per heavy atom. The topological polar surface area (TPSA) is 95.2 Å². The van der Waals surface area contributed by atoms with E-state index in [0.717, 1.165) is 11.3 Å². The van der Waals surface area contributed by atoms with Crippen LogP contribution in [0.15, 0.2) is 41.5 Å². The molecule has 0 saturated heterocycles. The lowest BCUT2D eigenvalue weighted by molar-refractivity contribution is 0.210. The second-order valence-electron chi connectivity index (χ2n) is 5.23. The van der Waals surface area contributed by atoms with E-state index in [0.29, 0.717) is 35.3 Å². The highest BCUT2D eigenvalue weighted by Gasteiger charge is 2.12. The number of para-hydroxylation sites is 1. The van der Waals surface area contributed by atoms with Gasteiger partial charge >= 0.3 is 6.03 Å². The fourth-order valence-electron chi connectivity index (χ4n) is 2.14. The molecular formula is C18H20ClN3O4. The average Bonchev–Trinajstić information content (AvgIpc) is 2.60. The van der Waals surface area contributed by atoms with E-state index in [4.69, 9.17) is 31.5 Å². The first-order valence-corrected chi connectivity index (χ1v) is 8.16. The Hall–Kier alpha value is -2.93. The van der Waals surface area contributed by atoms with Gasteiger partial charge in [0.25, 0.3) is 0 Å². The lowest BCUT2D eigenvalue weighted by Gasteiger charge is -2.14. The van der Waals surface area contributed by atoms with Crippen LogP contribution in [0.5, 0.6) is 17.2 Å². The number of nitrogens with zero attached hydrogens (tertiary/aromatic N) is 1. The summed E-state index contributed by atoms with van der Waals surface area (Å²) in [6.07, 6.45) is 1.39. The number of urea groups is 1. The molecule has 0 aliphatic heterocycles. The van der Waals surface area contributed by atoms with Gasteiger partial charge in [-0.2, -0.15) is 5.10 Å². The Bertz CT molecular complexity index is 796. The average molecular weight is 378 g/mol. The molecule has 0 radical (unpaired) electrons. The van der Waals surface area contributed by atoms with E-state index in [2.05, 4.69) is 10.5 Å². The molecule has 0 aliphatic rings. The molecule has 2 aromatic carbocycles. The van der Waals surface area contributed by atoms with Gasteiger partial charge in [0.05, 0.1) is 18.3 Å². The van der Waals surface area contributed by atoms with Crippen LogP contribution in [0.4, 0.5) is 4.79 Å². The highest BCUT2D eigenvalue weighted by atomic mass is 35.5. The Morgan fingerprint density at radius 1 is 1.23 bits per heavy atom. The van der Waals surface area contributed by atoms with Crippen LogP contribution in [-0.2, 0) is 0 Å². The van der Waals surface area contributed by atoms with Crippen molar-refractivity contribution in [2.75, 3.05) is 20.3 Å². The van der Waals surface area contributed by atoms with Crippen molar-refractivity contribution in [2.45, 2.75) is 6.92 Å². The predicted molar refractivity (Wildman–Crippen MR) is 100 cm³/mol. The minimum absolute atomic E-state index is 0.293. The molecule has 0 atom stereocenters. The maximum absolute atomic E-state index is 10.6. The standard InChI is InChI=1S/C18H20ClN3O4/c1-12-5-3-4-6-15(12)25-7-8-26-17-14(19)9-13(10-16(17)24-2)11-21-22-18(20)23/h3-6,9-11H,7-8H2,1-2H3,(H3,20,22,23). The van der Waals surface area contributed by atoms with Crippen molar-refractivity contribution < 1.29 is 19.0 Å². The van der Waals surface area contributed by atoms with Crippen LogP contribution in [0, 0.1) is 6.92 Å². The molecule has 0 fully saturated rings. The molecule has 3 N–H and O–H groups in total. The summed E-state index contributed by atoms with van der Waals surface area (Å²) in [6, 6.07) is 10.3. The number of methoxy groups -OCH3 is 1. The number of rotatable bonds is 8. The lowest BCUT2D eigenvalue weighted by Crippen LogP contribution is -2.24. The normalized spacial score (nSPS) is 10.6. The Kier molecular flexibility index (Phi) is 7.11. The van der Waals surface area contributed by atoms with Crippen LogP contribution >= 0.6 is 11.6 Å². The summed E-state index contributed by atoms with van der Waals surface area (Å²) in [5, 5.41) is 4.03. The fraction of sp³-hybridized carbons (Fsp3) is 0.222. The highest BCUT2D eigenvalue weighted by molar-refractivity contribution is 6.32. The van der Waals surface area contributed by atoms with Gasteiger partial charge in [-0.15, -0.1) is 0 Å². The smallest absolute Gasteiger partial charge is 0.332 e. The van der Waals surface area contributed by atoms with E-state index in [1.165, 1.54) is 13.3 Å².